The molecule has 2 rings (SSSR count). The Bertz CT molecular complexity index is 689. The summed E-state index contributed by atoms with van der Waals surface area (Å²) in [5.41, 5.74) is 0.894. The number of benzene rings is 1. The molecule has 24 heavy (non-hydrogen) atoms. The van der Waals surface area contributed by atoms with Crippen molar-refractivity contribution in [2.45, 2.75) is 46.8 Å². The zero-order chi connectivity index (χ0) is 18.1. The lowest BCUT2D eigenvalue weighted by Gasteiger charge is -2.22. The van der Waals surface area contributed by atoms with E-state index in [1.807, 2.05) is 0 Å². The largest absolute Gasteiger partial charge is 0.356 e. The monoisotopic (exact) mass is 351 g/mol. The van der Waals surface area contributed by atoms with E-state index in [1.54, 1.807) is 58.9 Å². The highest BCUT2D eigenvalue weighted by Crippen LogP contribution is 2.53. The van der Waals surface area contributed by atoms with Crippen LogP contribution in [0.1, 0.15) is 55.3 Å². The zero-order valence-electron chi connectivity index (χ0n) is 14.5. The first-order valence-electron chi connectivity index (χ1n) is 7.78. The first kappa shape index (κ1) is 18.6. The Labute approximate surface area is 142 Å². The van der Waals surface area contributed by atoms with Crippen molar-refractivity contribution in [3.63, 3.8) is 0 Å². The summed E-state index contributed by atoms with van der Waals surface area (Å²) in [5.74, 6) is 0.365. The standard InChI is InChI=1S/C17H22NO5P/c1-11(2)22-24(21,23-12(3)4)10-13(5)18-16(19)14-8-6-7-9-15(14)17(18)20/h6-12H,1-5H3/b13-10+. The van der Waals surface area contributed by atoms with Gasteiger partial charge in [-0.1, -0.05) is 12.1 Å². The Morgan fingerprint density at radius 2 is 1.42 bits per heavy atom. The molecule has 0 fully saturated rings. The number of fused-ring (bicyclic) bond motifs is 1. The van der Waals surface area contributed by atoms with E-state index >= 15 is 0 Å². The minimum Gasteiger partial charge on any atom is -0.303 e. The summed E-state index contributed by atoms with van der Waals surface area (Å²) >= 11 is 0. The molecule has 0 aliphatic carbocycles. The summed E-state index contributed by atoms with van der Waals surface area (Å²) in [4.78, 5) is 25.9. The molecule has 0 saturated carbocycles. The number of imide groups is 1. The van der Waals surface area contributed by atoms with Gasteiger partial charge in [0.05, 0.1) is 23.3 Å². The quantitative estimate of drug-likeness (QED) is 0.568. The summed E-state index contributed by atoms with van der Waals surface area (Å²) in [6.07, 6.45) is -0.665. The van der Waals surface area contributed by atoms with E-state index in [4.69, 9.17) is 9.05 Å². The van der Waals surface area contributed by atoms with Gasteiger partial charge < -0.3 is 9.05 Å². The fourth-order valence-electron chi connectivity index (χ4n) is 2.47. The van der Waals surface area contributed by atoms with E-state index in [-0.39, 0.29) is 17.9 Å². The predicted octanol–water partition coefficient (Wildman–Crippen LogP) is 4.19. The van der Waals surface area contributed by atoms with E-state index in [0.29, 0.717) is 11.1 Å². The molecule has 0 saturated heterocycles. The van der Waals surface area contributed by atoms with Gasteiger partial charge in [-0.2, -0.15) is 0 Å². The van der Waals surface area contributed by atoms with Crippen LogP contribution < -0.4 is 0 Å². The molecule has 0 radical (unpaired) electrons. The third-order valence-corrected chi connectivity index (χ3v) is 5.33. The minimum absolute atomic E-state index is 0.228. The van der Waals surface area contributed by atoms with Gasteiger partial charge in [-0.3, -0.25) is 14.2 Å². The summed E-state index contributed by atoms with van der Waals surface area (Å²) in [6.45, 7) is 8.49. The first-order chi connectivity index (χ1) is 11.1. The molecule has 0 spiro atoms. The summed E-state index contributed by atoms with van der Waals surface area (Å²) in [5, 5.41) is 0. The molecule has 0 atom stereocenters. The van der Waals surface area contributed by atoms with Crippen molar-refractivity contribution in [1.29, 1.82) is 0 Å². The van der Waals surface area contributed by atoms with Crippen molar-refractivity contribution in [3.8, 4) is 0 Å². The second-order valence-electron chi connectivity index (χ2n) is 6.11. The smallest absolute Gasteiger partial charge is 0.303 e. The third kappa shape index (κ3) is 3.83. The van der Waals surface area contributed by atoms with Crippen LogP contribution in [0.25, 0.3) is 0 Å². The number of carbonyl (C=O) groups excluding carboxylic acids is 2. The number of rotatable bonds is 6. The second-order valence-corrected chi connectivity index (χ2v) is 7.87. The SMILES string of the molecule is C/C(=C\P(=O)(OC(C)C)OC(C)C)N1C(=O)c2ccccc2C1=O. The Morgan fingerprint density at radius 1 is 1.00 bits per heavy atom. The molecule has 0 unspecified atom stereocenters. The van der Waals surface area contributed by atoms with Gasteiger partial charge >= 0.3 is 7.60 Å². The van der Waals surface area contributed by atoms with E-state index < -0.39 is 19.4 Å². The Kier molecular flexibility index (Phi) is 5.43. The van der Waals surface area contributed by atoms with Crippen molar-refractivity contribution in [3.05, 3.63) is 46.9 Å². The maximum atomic E-state index is 12.9. The van der Waals surface area contributed by atoms with Gasteiger partial charge in [0.25, 0.3) is 11.8 Å². The van der Waals surface area contributed by atoms with Crippen LogP contribution in [0.2, 0.25) is 0 Å². The van der Waals surface area contributed by atoms with Crippen LogP contribution in [-0.4, -0.2) is 28.9 Å². The zero-order valence-corrected chi connectivity index (χ0v) is 15.4. The van der Waals surface area contributed by atoms with Crippen LogP contribution in [0.15, 0.2) is 35.8 Å². The minimum atomic E-state index is -3.60. The highest BCUT2D eigenvalue weighted by atomic mass is 31.2. The van der Waals surface area contributed by atoms with Gasteiger partial charge in [0.1, 0.15) is 0 Å². The van der Waals surface area contributed by atoms with E-state index in [0.717, 1.165) is 4.90 Å². The van der Waals surface area contributed by atoms with Crippen LogP contribution in [0.5, 0.6) is 0 Å². The average Bonchev–Trinajstić information content (AvgIpc) is 2.69. The predicted molar refractivity (Wildman–Crippen MR) is 90.7 cm³/mol. The van der Waals surface area contributed by atoms with E-state index in [2.05, 4.69) is 0 Å². The summed E-state index contributed by atoms with van der Waals surface area (Å²) in [6, 6.07) is 6.58. The van der Waals surface area contributed by atoms with Gasteiger partial charge in [-0.25, -0.2) is 4.90 Å². The Morgan fingerprint density at radius 3 is 1.79 bits per heavy atom. The molecule has 1 aliphatic heterocycles. The molecule has 1 aromatic rings. The van der Waals surface area contributed by atoms with Crippen LogP contribution in [-0.2, 0) is 13.6 Å². The summed E-state index contributed by atoms with van der Waals surface area (Å²) in [7, 11) is -3.60. The first-order valence-corrected chi connectivity index (χ1v) is 9.39. The summed E-state index contributed by atoms with van der Waals surface area (Å²) < 4.78 is 23.8. The molecule has 7 heteroatoms. The molecule has 0 aromatic heterocycles. The van der Waals surface area contributed by atoms with Gasteiger partial charge in [-0.05, 0) is 46.8 Å². The molecule has 6 nitrogen and oxygen atoms in total. The normalized spacial score (nSPS) is 15.6. The molecular weight excluding hydrogens is 329 g/mol. The van der Waals surface area contributed by atoms with Crippen molar-refractivity contribution in [2.75, 3.05) is 0 Å². The maximum absolute atomic E-state index is 12.9. The van der Waals surface area contributed by atoms with Crippen LogP contribution in [0.4, 0.5) is 0 Å². The maximum Gasteiger partial charge on any atom is 0.356 e. The van der Waals surface area contributed by atoms with Gasteiger partial charge in [0.15, 0.2) is 0 Å². The van der Waals surface area contributed by atoms with Crippen LogP contribution in [0, 0.1) is 0 Å². The topological polar surface area (TPSA) is 72.9 Å². The number of hydrogen-bond acceptors (Lipinski definition) is 5. The van der Waals surface area contributed by atoms with Crippen molar-refractivity contribution in [1.82, 2.24) is 4.90 Å². The van der Waals surface area contributed by atoms with Gasteiger partial charge in [0.2, 0.25) is 0 Å². The fraction of sp³-hybridized carbons (Fsp3) is 0.412. The number of allylic oxidation sites excluding steroid dienone is 1. The molecule has 130 valence electrons. The van der Waals surface area contributed by atoms with Gasteiger partial charge in [-0.15, -0.1) is 0 Å². The molecule has 1 heterocycles. The van der Waals surface area contributed by atoms with E-state index in [1.165, 1.54) is 5.82 Å². The van der Waals surface area contributed by atoms with Gasteiger partial charge in [0, 0.05) is 11.5 Å². The molecule has 1 aliphatic rings. The number of nitrogens with zero attached hydrogens (tertiary/aromatic N) is 1. The fourth-order valence-corrected chi connectivity index (χ4v) is 4.39. The lowest BCUT2D eigenvalue weighted by molar-refractivity contribution is 0.0705. The van der Waals surface area contributed by atoms with Crippen molar-refractivity contribution < 1.29 is 23.2 Å². The number of carbonyl (C=O) groups is 2. The van der Waals surface area contributed by atoms with Crippen molar-refractivity contribution >= 4 is 19.4 Å². The number of hydrogen-bond donors (Lipinski definition) is 0. The molecule has 2 amide bonds. The Balaban J connectivity index is 2.37. The van der Waals surface area contributed by atoms with E-state index in [9.17, 15) is 14.2 Å². The molecular formula is C17H22NO5P. The highest BCUT2D eigenvalue weighted by molar-refractivity contribution is 7.57. The molecule has 0 bridgehead atoms. The average molecular weight is 351 g/mol. The number of amides is 2. The second kappa shape index (κ2) is 7.01. The lowest BCUT2D eigenvalue weighted by Crippen LogP contribution is -2.28. The highest BCUT2D eigenvalue weighted by Gasteiger charge is 2.37. The molecule has 0 N–H and O–H groups in total. The van der Waals surface area contributed by atoms with Crippen LogP contribution >= 0.6 is 7.60 Å². The van der Waals surface area contributed by atoms with Crippen molar-refractivity contribution in [2.24, 2.45) is 0 Å². The van der Waals surface area contributed by atoms with Crippen LogP contribution in [0.3, 0.4) is 0 Å². The Hall–Kier alpha value is -1.75. The third-order valence-electron chi connectivity index (χ3n) is 3.21. The molecule has 1 aromatic carbocycles. The lowest BCUT2D eigenvalue weighted by atomic mass is 10.1.